The Balaban J connectivity index is 3.09. The van der Waals surface area contributed by atoms with Gasteiger partial charge in [0.1, 0.15) is 5.82 Å². The van der Waals surface area contributed by atoms with Crippen molar-refractivity contribution in [1.29, 1.82) is 0 Å². The summed E-state index contributed by atoms with van der Waals surface area (Å²) in [6, 6.07) is 3.86. The topological polar surface area (TPSA) is 12.0 Å². The van der Waals surface area contributed by atoms with Crippen molar-refractivity contribution in [3.8, 4) is 0 Å². The van der Waals surface area contributed by atoms with E-state index in [0.29, 0.717) is 11.2 Å². The highest BCUT2D eigenvalue weighted by Gasteiger charge is 2.17. The maximum Gasteiger partial charge on any atom is 0.126 e. The van der Waals surface area contributed by atoms with Gasteiger partial charge in [-0.25, -0.2) is 4.39 Å². The fraction of sp³-hybridized carbons (Fsp3) is 0.625. The van der Waals surface area contributed by atoms with E-state index in [-0.39, 0.29) is 11.9 Å². The molecule has 0 fully saturated rings. The standard InChI is InChI=1S/C16H26FNS/c1-7-18-12(5)14-9-15(17)11(4)8-16(14)19-13(6)10(2)3/h8-10,12-13,18H,7H2,1-6H3. The molecule has 0 aromatic heterocycles. The Bertz CT molecular complexity index is 417. The number of hydrogen-bond acceptors (Lipinski definition) is 2. The normalized spacial score (nSPS) is 14.7. The first kappa shape index (κ1) is 16.5. The van der Waals surface area contributed by atoms with Gasteiger partial charge in [-0.15, -0.1) is 11.8 Å². The molecule has 2 atom stereocenters. The van der Waals surface area contributed by atoms with Crippen molar-refractivity contribution < 1.29 is 4.39 Å². The van der Waals surface area contributed by atoms with Crippen LogP contribution in [0.25, 0.3) is 0 Å². The van der Waals surface area contributed by atoms with E-state index >= 15 is 0 Å². The first-order valence-electron chi connectivity index (χ1n) is 7.06. The second-order valence-corrected chi connectivity index (χ2v) is 6.90. The molecule has 0 aliphatic carbocycles. The number of rotatable bonds is 6. The minimum Gasteiger partial charge on any atom is -0.310 e. The predicted molar refractivity (Wildman–Crippen MR) is 83.4 cm³/mol. The molecule has 19 heavy (non-hydrogen) atoms. The fourth-order valence-electron chi connectivity index (χ4n) is 1.86. The Labute approximate surface area is 121 Å². The van der Waals surface area contributed by atoms with Gasteiger partial charge >= 0.3 is 0 Å². The predicted octanol–water partition coefficient (Wildman–Crippen LogP) is 4.94. The molecule has 0 aliphatic heterocycles. The molecule has 0 heterocycles. The Hall–Kier alpha value is -0.540. The Kier molecular flexibility index (Phi) is 6.34. The lowest BCUT2D eigenvalue weighted by Crippen LogP contribution is -2.19. The van der Waals surface area contributed by atoms with E-state index in [4.69, 9.17) is 0 Å². The fourth-order valence-corrected chi connectivity index (χ4v) is 3.15. The summed E-state index contributed by atoms with van der Waals surface area (Å²) in [5, 5.41) is 3.90. The summed E-state index contributed by atoms with van der Waals surface area (Å²) in [6.45, 7) is 13.6. The van der Waals surface area contributed by atoms with Gasteiger partial charge in [-0.1, -0.05) is 27.7 Å². The summed E-state index contributed by atoms with van der Waals surface area (Å²) in [5.74, 6) is 0.499. The highest BCUT2D eigenvalue weighted by molar-refractivity contribution is 8.00. The zero-order valence-electron chi connectivity index (χ0n) is 12.9. The molecule has 1 nitrogen and oxygen atoms in total. The van der Waals surface area contributed by atoms with Crippen LogP contribution in [0.3, 0.4) is 0 Å². The number of thioether (sulfide) groups is 1. The molecule has 0 saturated heterocycles. The van der Waals surface area contributed by atoms with Gasteiger partial charge in [-0.2, -0.15) is 0 Å². The molecule has 2 unspecified atom stereocenters. The summed E-state index contributed by atoms with van der Waals surface area (Å²) in [7, 11) is 0. The largest absolute Gasteiger partial charge is 0.310 e. The van der Waals surface area contributed by atoms with Crippen LogP contribution in [0.1, 0.15) is 51.8 Å². The van der Waals surface area contributed by atoms with Gasteiger partial charge in [-0.3, -0.25) is 0 Å². The van der Waals surface area contributed by atoms with Gasteiger partial charge in [0.15, 0.2) is 0 Å². The average Bonchev–Trinajstić information content (AvgIpc) is 2.33. The number of aryl methyl sites for hydroxylation is 1. The molecular weight excluding hydrogens is 257 g/mol. The molecule has 0 aliphatic rings. The van der Waals surface area contributed by atoms with Crippen molar-refractivity contribution >= 4 is 11.8 Å². The van der Waals surface area contributed by atoms with E-state index in [1.54, 1.807) is 6.07 Å². The zero-order chi connectivity index (χ0) is 14.6. The van der Waals surface area contributed by atoms with E-state index in [2.05, 4.69) is 39.9 Å². The van der Waals surface area contributed by atoms with Crippen LogP contribution >= 0.6 is 11.8 Å². The highest BCUT2D eigenvalue weighted by Crippen LogP contribution is 2.34. The van der Waals surface area contributed by atoms with Crippen LogP contribution in [0.15, 0.2) is 17.0 Å². The minimum absolute atomic E-state index is 0.110. The first-order valence-corrected chi connectivity index (χ1v) is 7.94. The van der Waals surface area contributed by atoms with E-state index in [0.717, 1.165) is 17.7 Å². The van der Waals surface area contributed by atoms with Crippen LogP contribution in [0, 0.1) is 18.7 Å². The molecule has 0 radical (unpaired) electrons. The Morgan fingerprint density at radius 2 is 1.84 bits per heavy atom. The van der Waals surface area contributed by atoms with Gasteiger partial charge in [0.25, 0.3) is 0 Å². The number of halogens is 1. The van der Waals surface area contributed by atoms with Crippen LogP contribution in [0.4, 0.5) is 4.39 Å². The van der Waals surface area contributed by atoms with E-state index < -0.39 is 0 Å². The van der Waals surface area contributed by atoms with Gasteiger partial charge in [-0.05, 0) is 49.6 Å². The smallest absolute Gasteiger partial charge is 0.126 e. The summed E-state index contributed by atoms with van der Waals surface area (Å²) < 4.78 is 13.8. The SMILES string of the molecule is CCNC(C)c1cc(F)c(C)cc1SC(C)C(C)C. The molecule has 0 saturated carbocycles. The van der Waals surface area contributed by atoms with Crippen molar-refractivity contribution in [2.45, 2.75) is 57.7 Å². The molecule has 1 N–H and O–H groups in total. The van der Waals surface area contributed by atoms with Crippen LogP contribution in [-0.2, 0) is 0 Å². The van der Waals surface area contributed by atoms with Crippen molar-refractivity contribution in [1.82, 2.24) is 5.32 Å². The lowest BCUT2D eigenvalue weighted by atomic mass is 10.1. The van der Waals surface area contributed by atoms with E-state index in [1.165, 1.54) is 4.90 Å². The lowest BCUT2D eigenvalue weighted by molar-refractivity contribution is 0.570. The van der Waals surface area contributed by atoms with Gasteiger partial charge < -0.3 is 5.32 Å². The molecule has 0 spiro atoms. The lowest BCUT2D eigenvalue weighted by Gasteiger charge is -2.22. The summed E-state index contributed by atoms with van der Waals surface area (Å²) >= 11 is 1.85. The molecule has 1 aromatic rings. The van der Waals surface area contributed by atoms with Crippen molar-refractivity contribution in [2.75, 3.05) is 6.54 Å². The summed E-state index contributed by atoms with van der Waals surface area (Å²) in [5.41, 5.74) is 1.80. The van der Waals surface area contributed by atoms with Crippen LogP contribution < -0.4 is 5.32 Å². The Morgan fingerprint density at radius 1 is 1.21 bits per heavy atom. The number of benzene rings is 1. The molecular formula is C16H26FNS. The maximum absolute atomic E-state index is 13.8. The van der Waals surface area contributed by atoms with E-state index in [9.17, 15) is 4.39 Å². The van der Waals surface area contributed by atoms with Gasteiger partial charge in [0.05, 0.1) is 0 Å². The van der Waals surface area contributed by atoms with Gasteiger partial charge in [0.2, 0.25) is 0 Å². The van der Waals surface area contributed by atoms with Crippen LogP contribution in [-0.4, -0.2) is 11.8 Å². The molecule has 0 amide bonds. The zero-order valence-corrected chi connectivity index (χ0v) is 13.7. The number of nitrogens with one attached hydrogen (secondary N) is 1. The van der Waals surface area contributed by atoms with Gasteiger partial charge in [0, 0.05) is 16.2 Å². The third-order valence-corrected chi connectivity index (χ3v) is 5.04. The second kappa shape index (κ2) is 7.30. The highest BCUT2D eigenvalue weighted by atomic mass is 32.2. The molecule has 1 aromatic carbocycles. The quantitative estimate of drug-likeness (QED) is 0.742. The average molecular weight is 283 g/mol. The van der Waals surface area contributed by atoms with Crippen molar-refractivity contribution in [3.05, 3.63) is 29.1 Å². The Morgan fingerprint density at radius 3 is 2.37 bits per heavy atom. The van der Waals surface area contributed by atoms with Crippen molar-refractivity contribution in [2.24, 2.45) is 5.92 Å². The third-order valence-electron chi connectivity index (χ3n) is 3.52. The maximum atomic E-state index is 13.8. The van der Waals surface area contributed by atoms with Crippen LogP contribution in [0.2, 0.25) is 0 Å². The minimum atomic E-state index is -0.110. The van der Waals surface area contributed by atoms with E-state index in [1.807, 2.05) is 24.8 Å². The number of hydrogen-bond donors (Lipinski definition) is 1. The first-order chi connectivity index (χ1) is 8.86. The third kappa shape index (κ3) is 4.50. The molecule has 108 valence electrons. The summed E-state index contributed by atoms with van der Waals surface area (Å²) in [4.78, 5) is 1.20. The second-order valence-electron chi connectivity index (χ2n) is 5.49. The molecule has 0 bridgehead atoms. The summed E-state index contributed by atoms with van der Waals surface area (Å²) in [6.07, 6.45) is 0. The monoisotopic (exact) mass is 283 g/mol. The van der Waals surface area contributed by atoms with Crippen LogP contribution in [0.5, 0.6) is 0 Å². The molecule has 1 rings (SSSR count). The molecule has 3 heteroatoms. The van der Waals surface area contributed by atoms with Crippen molar-refractivity contribution in [3.63, 3.8) is 0 Å².